The predicted octanol–water partition coefficient (Wildman–Crippen LogP) is 2.78. The van der Waals surface area contributed by atoms with Crippen molar-refractivity contribution in [3.05, 3.63) is 35.0 Å². The molecule has 1 aromatic rings. The average Bonchev–Trinajstić information content (AvgIpc) is 3.32. The van der Waals surface area contributed by atoms with Crippen molar-refractivity contribution < 1.29 is 23.8 Å². The summed E-state index contributed by atoms with van der Waals surface area (Å²) in [6, 6.07) is 3.90. The molecule has 6 nitrogen and oxygen atoms in total. The average molecular weight is 381 g/mol. The van der Waals surface area contributed by atoms with E-state index in [4.69, 9.17) is 14.2 Å². The molecule has 1 aromatic heterocycles. The molecule has 3 unspecified atom stereocenters. The smallest absolute Gasteiger partial charge is 0.335 e. The van der Waals surface area contributed by atoms with Gasteiger partial charge in [-0.25, -0.2) is 4.79 Å². The lowest BCUT2D eigenvalue weighted by Gasteiger charge is -2.25. The van der Waals surface area contributed by atoms with Crippen molar-refractivity contribution in [2.75, 3.05) is 19.8 Å². The molecule has 2 heterocycles. The number of hydrogen-bond donors (Lipinski definition) is 0. The maximum absolute atomic E-state index is 12.6. The monoisotopic (exact) mass is 381 g/mol. The molecule has 0 aromatic carbocycles. The molecule has 2 rings (SSSR count). The van der Waals surface area contributed by atoms with E-state index < -0.39 is 18.2 Å². The Bertz CT molecular complexity index is 583. The molecule has 0 N–H and O–H groups in total. The van der Waals surface area contributed by atoms with Crippen LogP contribution in [0.25, 0.3) is 0 Å². The Morgan fingerprint density at radius 1 is 1.46 bits per heavy atom. The largest absolute Gasteiger partial charge is 0.451 e. The predicted molar refractivity (Wildman–Crippen MR) is 99.9 cm³/mol. The van der Waals surface area contributed by atoms with Gasteiger partial charge in [0.25, 0.3) is 5.91 Å². The van der Waals surface area contributed by atoms with Gasteiger partial charge in [-0.1, -0.05) is 12.1 Å². The minimum Gasteiger partial charge on any atom is -0.451 e. The zero-order valence-corrected chi connectivity index (χ0v) is 16.2. The highest BCUT2D eigenvalue weighted by Crippen LogP contribution is 2.15. The molecule has 1 aliphatic rings. The summed E-state index contributed by atoms with van der Waals surface area (Å²) >= 11 is 1.58. The van der Waals surface area contributed by atoms with E-state index in [1.165, 1.54) is 0 Å². The van der Waals surface area contributed by atoms with Crippen molar-refractivity contribution in [3.63, 3.8) is 0 Å². The maximum Gasteiger partial charge on any atom is 0.335 e. The molecule has 3 atom stereocenters. The summed E-state index contributed by atoms with van der Waals surface area (Å²) in [5.41, 5.74) is 0. The minimum atomic E-state index is -0.879. The van der Waals surface area contributed by atoms with E-state index in [0.717, 1.165) is 24.3 Å². The molecule has 7 heteroatoms. The summed E-state index contributed by atoms with van der Waals surface area (Å²) in [5, 5.41) is 1.96. The van der Waals surface area contributed by atoms with Crippen LogP contribution in [0.2, 0.25) is 0 Å². The second kappa shape index (κ2) is 10.4. The number of rotatable bonds is 10. The van der Waals surface area contributed by atoms with Crippen LogP contribution < -0.4 is 0 Å². The van der Waals surface area contributed by atoms with Crippen LogP contribution in [-0.4, -0.2) is 54.8 Å². The molecule has 0 bridgehead atoms. The van der Waals surface area contributed by atoms with Gasteiger partial charge >= 0.3 is 5.97 Å². The Morgan fingerprint density at radius 2 is 2.27 bits per heavy atom. The van der Waals surface area contributed by atoms with Gasteiger partial charge in [0.2, 0.25) is 0 Å². The molecule has 1 aliphatic heterocycles. The lowest BCUT2D eigenvalue weighted by Crippen LogP contribution is -2.41. The van der Waals surface area contributed by atoms with Gasteiger partial charge in [-0.3, -0.25) is 4.79 Å². The quantitative estimate of drug-likeness (QED) is 0.461. The lowest BCUT2D eigenvalue weighted by atomic mass is 10.2. The number of ether oxygens (including phenoxy) is 3. The third-order valence-corrected chi connectivity index (χ3v) is 4.98. The van der Waals surface area contributed by atoms with Gasteiger partial charge in [0.15, 0.2) is 12.2 Å². The van der Waals surface area contributed by atoms with Crippen molar-refractivity contribution in [1.29, 1.82) is 0 Å². The van der Waals surface area contributed by atoms with Gasteiger partial charge in [-0.05, 0) is 38.1 Å². The fourth-order valence-electron chi connectivity index (χ4n) is 2.65. The molecule has 1 fully saturated rings. The van der Waals surface area contributed by atoms with E-state index in [0.29, 0.717) is 19.7 Å². The number of amides is 1. The van der Waals surface area contributed by atoms with Crippen molar-refractivity contribution in [3.8, 4) is 0 Å². The van der Waals surface area contributed by atoms with E-state index in [1.54, 1.807) is 36.2 Å². The fourth-order valence-corrected chi connectivity index (χ4v) is 3.37. The topological polar surface area (TPSA) is 65.1 Å². The highest BCUT2D eigenvalue weighted by molar-refractivity contribution is 7.09. The Morgan fingerprint density at radius 3 is 2.88 bits per heavy atom. The van der Waals surface area contributed by atoms with Crippen LogP contribution in [0.1, 0.15) is 31.6 Å². The first-order chi connectivity index (χ1) is 12.5. The summed E-state index contributed by atoms with van der Waals surface area (Å²) in [4.78, 5) is 27.5. The number of nitrogens with zero attached hydrogens (tertiary/aromatic N) is 1. The van der Waals surface area contributed by atoms with E-state index in [-0.39, 0.29) is 12.0 Å². The Hall–Kier alpha value is -1.70. The van der Waals surface area contributed by atoms with Gasteiger partial charge in [0.05, 0.1) is 19.3 Å². The fraction of sp³-hybridized carbons (Fsp3) is 0.579. The minimum absolute atomic E-state index is 0.0400. The Kier molecular flexibility index (Phi) is 8.28. The molecule has 144 valence electrons. The van der Waals surface area contributed by atoms with Gasteiger partial charge in [0.1, 0.15) is 0 Å². The summed E-state index contributed by atoms with van der Waals surface area (Å²) in [7, 11) is 0. The van der Waals surface area contributed by atoms with E-state index >= 15 is 0 Å². The lowest BCUT2D eigenvalue weighted by molar-refractivity contribution is -0.169. The maximum atomic E-state index is 12.6. The Balaban J connectivity index is 1.82. The number of carbonyl (C=O) groups is 2. The molecule has 1 amide bonds. The molecule has 0 aliphatic carbocycles. The second-order valence-electron chi connectivity index (χ2n) is 6.28. The number of hydrogen-bond acceptors (Lipinski definition) is 6. The third-order valence-electron chi connectivity index (χ3n) is 4.12. The van der Waals surface area contributed by atoms with Crippen LogP contribution in [-0.2, 0) is 30.3 Å². The van der Waals surface area contributed by atoms with Gasteiger partial charge in [-0.15, -0.1) is 17.9 Å². The standard InChI is InChI=1S/C19H27NO5S/c1-4-9-20(12-17-8-6-11-26-17)18(21)14(2)25-19(22)15(3)24-13-16-7-5-10-23-16/h4,6,8,11,14-16H,1,5,7,9-10,12-13H2,2-3H3. The molecule has 0 radical (unpaired) electrons. The third kappa shape index (κ3) is 6.23. The summed E-state index contributed by atoms with van der Waals surface area (Å²) in [6.07, 6.45) is 2.04. The molecule has 26 heavy (non-hydrogen) atoms. The zero-order valence-electron chi connectivity index (χ0n) is 15.4. The first-order valence-corrected chi connectivity index (χ1v) is 9.75. The second-order valence-corrected chi connectivity index (χ2v) is 7.31. The Labute approximate surface area is 158 Å². The van der Waals surface area contributed by atoms with Gasteiger partial charge < -0.3 is 19.1 Å². The normalized spacial score (nSPS) is 18.9. The van der Waals surface area contributed by atoms with Gasteiger partial charge in [0, 0.05) is 18.0 Å². The first-order valence-electron chi connectivity index (χ1n) is 8.87. The van der Waals surface area contributed by atoms with E-state index in [1.807, 2.05) is 17.5 Å². The van der Waals surface area contributed by atoms with Crippen LogP contribution in [0.4, 0.5) is 0 Å². The van der Waals surface area contributed by atoms with Crippen LogP contribution in [0, 0.1) is 0 Å². The molecule has 0 saturated carbocycles. The zero-order chi connectivity index (χ0) is 18.9. The number of carbonyl (C=O) groups excluding carboxylic acids is 2. The van der Waals surface area contributed by atoms with E-state index in [9.17, 15) is 9.59 Å². The van der Waals surface area contributed by atoms with Crippen molar-refractivity contribution in [2.24, 2.45) is 0 Å². The van der Waals surface area contributed by atoms with Crippen molar-refractivity contribution in [1.82, 2.24) is 4.90 Å². The van der Waals surface area contributed by atoms with Crippen LogP contribution in [0.3, 0.4) is 0 Å². The highest BCUT2D eigenvalue weighted by atomic mass is 32.1. The molecular formula is C19H27NO5S. The van der Waals surface area contributed by atoms with Crippen molar-refractivity contribution in [2.45, 2.75) is 51.5 Å². The van der Waals surface area contributed by atoms with Crippen LogP contribution >= 0.6 is 11.3 Å². The van der Waals surface area contributed by atoms with Crippen molar-refractivity contribution >= 4 is 23.2 Å². The molecular weight excluding hydrogens is 354 g/mol. The first kappa shape index (κ1) is 20.6. The SMILES string of the molecule is C=CCN(Cc1cccs1)C(=O)C(C)OC(=O)C(C)OCC1CCCO1. The molecule has 0 spiro atoms. The summed E-state index contributed by atoms with van der Waals surface area (Å²) < 4.78 is 16.3. The van der Waals surface area contributed by atoms with E-state index in [2.05, 4.69) is 6.58 Å². The van der Waals surface area contributed by atoms with Gasteiger partial charge in [-0.2, -0.15) is 0 Å². The van der Waals surface area contributed by atoms with Crippen LogP contribution in [0.15, 0.2) is 30.2 Å². The summed E-state index contributed by atoms with van der Waals surface area (Å²) in [6.45, 7) is 8.86. The molecule has 1 saturated heterocycles. The summed E-state index contributed by atoms with van der Waals surface area (Å²) in [5.74, 6) is -0.795. The highest BCUT2D eigenvalue weighted by Gasteiger charge is 2.27. The number of thiophene rings is 1. The van der Waals surface area contributed by atoms with Crippen LogP contribution in [0.5, 0.6) is 0 Å². The number of esters is 1.